The minimum atomic E-state index is 0.746. The summed E-state index contributed by atoms with van der Waals surface area (Å²) < 4.78 is 0. The number of hydrogen-bond donors (Lipinski definition) is 1. The van der Waals surface area contributed by atoms with Crippen LogP contribution in [0.25, 0.3) is 0 Å². The third-order valence-corrected chi connectivity index (χ3v) is 1.94. The molecule has 0 amide bonds. The smallest absolute Gasteiger partial charge is 0.127 e. The van der Waals surface area contributed by atoms with Gasteiger partial charge in [-0.25, -0.2) is 0 Å². The number of aliphatic imine (C=N–C) groups is 1. The molecule has 0 unspecified atom stereocenters. The lowest BCUT2D eigenvalue weighted by Crippen LogP contribution is -2.23. The normalized spacial score (nSPS) is 11.5. The SMILES string of the molecule is CCNC(=NC)c1ccc(Cl)cc1. The molecule has 0 bridgehead atoms. The van der Waals surface area contributed by atoms with Gasteiger partial charge in [-0.1, -0.05) is 11.6 Å². The Kier molecular flexibility index (Phi) is 3.77. The van der Waals surface area contributed by atoms with Gasteiger partial charge in [-0.2, -0.15) is 0 Å². The summed E-state index contributed by atoms with van der Waals surface area (Å²) in [6.07, 6.45) is 0. The zero-order valence-electron chi connectivity index (χ0n) is 7.84. The first-order valence-electron chi connectivity index (χ1n) is 4.24. The van der Waals surface area contributed by atoms with Crippen molar-refractivity contribution in [2.24, 2.45) is 4.99 Å². The second kappa shape index (κ2) is 4.87. The molecule has 0 radical (unpaired) electrons. The van der Waals surface area contributed by atoms with Crippen LogP contribution in [0.15, 0.2) is 29.3 Å². The van der Waals surface area contributed by atoms with Gasteiger partial charge in [0.15, 0.2) is 0 Å². The van der Waals surface area contributed by atoms with E-state index >= 15 is 0 Å². The molecule has 1 aromatic carbocycles. The van der Waals surface area contributed by atoms with Crippen molar-refractivity contribution in [2.75, 3.05) is 13.6 Å². The van der Waals surface area contributed by atoms with Crippen molar-refractivity contribution in [1.82, 2.24) is 5.32 Å². The summed E-state index contributed by atoms with van der Waals surface area (Å²) in [6, 6.07) is 7.62. The predicted molar refractivity (Wildman–Crippen MR) is 57.6 cm³/mol. The Bertz CT molecular complexity index is 290. The molecule has 1 N–H and O–H groups in total. The molecule has 1 rings (SSSR count). The van der Waals surface area contributed by atoms with E-state index in [0.29, 0.717) is 0 Å². The molecule has 0 fully saturated rings. The van der Waals surface area contributed by atoms with Gasteiger partial charge in [0, 0.05) is 24.2 Å². The monoisotopic (exact) mass is 196 g/mol. The Morgan fingerprint density at radius 1 is 1.38 bits per heavy atom. The molecule has 0 spiro atoms. The third kappa shape index (κ3) is 2.74. The highest BCUT2D eigenvalue weighted by molar-refractivity contribution is 6.30. The Morgan fingerprint density at radius 3 is 2.46 bits per heavy atom. The van der Waals surface area contributed by atoms with Gasteiger partial charge in [-0.3, -0.25) is 4.99 Å². The van der Waals surface area contributed by atoms with E-state index in [1.165, 1.54) is 0 Å². The number of nitrogens with zero attached hydrogens (tertiary/aromatic N) is 1. The van der Waals surface area contributed by atoms with Crippen molar-refractivity contribution in [2.45, 2.75) is 6.92 Å². The zero-order chi connectivity index (χ0) is 9.68. The zero-order valence-corrected chi connectivity index (χ0v) is 8.60. The second-order valence-corrected chi connectivity index (χ2v) is 3.05. The number of halogens is 1. The maximum absolute atomic E-state index is 5.78. The summed E-state index contributed by atoms with van der Waals surface area (Å²) >= 11 is 5.78. The average molecular weight is 197 g/mol. The van der Waals surface area contributed by atoms with E-state index in [2.05, 4.69) is 10.3 Å². The van der Waals surface area contributed by atoms with Crippen LogP contribution in [0.4, 0.5) is 0 Å². The lowest BCUT2D eigenvalue weighted by Gasteiger charge is -2.06. The largest absolute Gasteiger partial charge is 0.370 e. The summed E-state index contributed by atoms with van der Waals surface area (Å²) in [4.78, 5) is 4.14. The molecular weight excluding hydrogens is 184 g/mol. The van der Waals surface area contributed by atoms with Gasteiger partial charge in [0.05, 0.1) is 0 Å². The predicted octanol–water partition coefficient (Wildman–Crippen LogP) is 2.33. The molecule has 13 heavy (non-hydrogen) atoms. The molecule has 2 nitrogen and oxygen atoms in total. The fourth-order valence-electron chi connectivity index (χ4n) is 1.09. The Hall–Kier alpha value is -1.02. The average Bonchev–Trinajstić information content (AvgIpc) is 2.16. The summed E-state index contributed by atoms with van der Waals surface area (Å²) in [6.45, 7) is 2.91. The fraction of sp³-hybridized carbons (Fsp3) is 0.300. The lowest BCUT2D eigenvalue weighted by molar-refractivity contribution is 0.962. The minimum Gasteiger partial charge on any atom is -0.370 e. The maximum Gasteiger partial charge on any atom is 0.127 e. The number of rotatable bonds is 2. The first-order chi connectivity index (χ1) is 6.27. The molecule has 0 aromatic heterocycles. The van der Waals surface area contributed by atoms with Crippen LogP contribution in [0.1, 0.15) is 12.5 Å². The van der Waals surface area contributed by atoms with Gasteiger partial charge < -0.3 is 5.32 Å². The molecule has 0 aliphatic heterocycles. The van der Waals surface area contributed by atoms with Gasteiger partial charge in [-0.15, -0.1) is 0 Å². The first-order valence-corrected chi connectivity index (χ1v) is 4.62. The lowest BCUT2D eigenvalue weighted by atomic mass is 10.2. The van der Waals surface area contributed by atoms with Crippen molar-refractivity contribution in [3.05, 3.63) is 34.9 Å². The molecule has 0 heterocycles. The van der Waals surface area contributed by atoms with E-state index in [-0.39, 0.29) is 0 Å². The quantitative estimate of drug-likeness (QED) is 0.570. The number of benzene rings is 1. The van der Waals surface area contributed by atoms with Gasteiger partial charge in [0.1, 0.15) is 5.84 Å². The van der Waals surface area contributed by atoms with Crippen molar-refractivity contribution in [1.29, 1.82) is 0 Å². The Balaban J connectivity index is 2.87. The molecule has 70 valence electrons. The van der Waals surface area contributed by atoms with Gasteiger partial charge in [0.25, 0.3) is 0 Å². The molecule has 0 aliphatic rings. The van der Waals surface area contributed by atoms with Crippen LogP contribution in [0.5, 0.6) is 0 Å². The Labute approximate surface area is 83.6 Å². The highest BCUT2D eigenvalue weighted by Gasteiger charge is 1.99. The topological polar surface area (TPSA) is 24.4 Å². The maximum atomic E-state index is 5.78. The van der Waals surface area contributed by atoms with Crippen molar-refractivity contribution in [3.63, 3.8) is 0 Å². The summed E-state index contributed by atoms with van der Waals surface area (Å²) in [5.74, 6) is 0.902. The third-order valence-electron chi connectivity index (χ3n) is 1.69. The van der Waals surface area contributed by atoms with E-state index in [9.17, 15) is 0 Å². The van der Waals surface area contributed by atoms with E-state index in [1.54, 1.807) is 7.05 Å². The minimum absolute atomic E-state index is 0.746. The fourth-order valence-corrected chi connectivity index (χ4v) is 1.21. The van der Waals surface area contributed by atoms with Crippen molar-refractivity contribution >= 4 is 17.4 Å². The summed E-state index contributed by atoms with van der Waals surface area (Å²) in [5.41, 5.74) is 1.06. The molecule has 0 saturated carbocycles. The van der Waals surface area contributed by atoms with Crippen LogP contribution in [0, 0.1) is 0 Å². The van der Waals surface area contributed by atoms with Crippen LogP contribution >= 0.6 is 11.6 Å². The second-order valence-electron chi connectivity index (χ2n) is 2.61. The first kappa shape index (κ1) is 10.1. The summed E-state index contributed by atoms with van der Waals surface area (Å²) in [7, 11) is 1.77. The van der Waals surface area contributed by atoms with E-state index < -0.39 is 0 Å². The van der Waals surface area contributed by atoms with Crippen molar-refractivity contribution in [3.8, 4) is 0 Å². The van der Waals surface area contributed by atoms with Crippen LogP contribution in [0.3, 0.4) is 0 Å². The van der Waals surface area contributed by atoms with Crippen LogP contribution in [-0.2, 0) is 0 Å². The standard InChI is InChI=1S/C10H13ClN2/c1-3-13-10(12-2)8-4-6-9(11)7-5-8/h4-7H,3H2,1-2H3,(H,12,13). The van der Waals surface area contributed by atoms with E-state index in [0.717, 1.165) is 23.0 Å². The van der Waals surface area contributed by atoms with Gasteiger partial charge in [-0.05, 0) is 31.2 Å². The van der Waals surface area contributed by atoms with E-state index in [1.807, 2.05) is 31.2 Å². The highest BCUT2D eigenvalue weighted by Crippen LogP contribution is 2.09. The molecular formula is C10H13ClN2. The number of nitrogens with one attached hydrogen (secondary N) is 1. The van der Waals surface area contributed by atoms with Gasteiger partial charge >= 0.3 is 0 Å². The van der Waals surface area contributed by atoms with Crippen LogP contribution in [-0.4, -0.2) is 19.4 Å². The highest BCUT2D eigenvalue weighted by atomic mass is 35.5. The summed E-state index contributed by atoms with van der Waals surface area (Å²) in [5, 5.41) is 3.92. The molecule has 0 aliphatic carbocycles. The Morgan fingerprint density at radius 2 is 2.00 bits per heavy atom. The van der Waals surface area contributed by atoms with Gasteiger partial charge in [0.2, 0.25) is 0 Å². The van der Waals surface area contributed by atoms with E-state index in [4.69, 9.17) is 11.6 Å². The van der Waals surface area contributed by atoms with Crippen molar-refractivity contribution < 1.29 is 0 Å². The molecule has 0 saturated heterocycles. The van der Waals surface area contributed by atoms with Crippen LogP contribution in [0.2, 0.25) is 5.02 Å². The molecule has 3 heteroatoms. The molecule has 0 atom stereocenters. The van der Waals surface area contributed by atoms with Crippen LogP contribution < -0.4 is 5.32 Å². The molecule has 1 aromatic rings. The number of amidine groups is 1. The number of hydrogen-bond acceptors (Lipinski definition) is 1.